The Morgan fingerprint density at radius 1 is 1.19 bits per heavy atom. The van der Waals surface area contributed by atoms with Gasteiger partial charge in [-0.1, -0.05) is 25.4 Å². The summed E-state index contributed by atoms with van der Waals surface area (Å²) in [6.45, 7) is 3.72. The van der Waals surface area contributed by atoms with Gasteiger partial charge in [0.2, 0.25) is 0 Å². The van der Waals surface area contributed by atoms with Crippen LogP contribution in [0.25, 0.3) is 0 Å². The molecule has 1 aliphatic rings. The van der Waals surface area contributed by atoms with Gasteiger partial charge in [0.25, 0.3) is 0 Å². The van der Waals surface area contributed by atoms with E-state index in [2.05, 4.69) is 5.32 Å². The number of benzene rings is 1. The summed E-state index contributed by atoms with van der Waals surface area (Å²) in [6.07, 6.45) is 0. The van der Waals surface area contributed by atoms with Crippen LogP contribution in [0.1, 0.15) is 13.8 Å². The van der Waals surface area contributed by atoms with Crippen LogP contribution in [-0.4, -0.2) is 45.7 Å². The first-order chi connectivity index (χ1) is 9.62. The van der Waals surface area contributed by atoms with Gasteiger partial charge < -0.3 is 5.32 Å². The van der Waals surface area contributed by atoms with Gasteiger partial charge in [-0.2, -0.15) is 0 Å². The molecule has 0 aromatic heterocycles. The molecule has 118 valence electrons. The van der Waals surface area contributed by atoms with Crippen LogP contribution in [0.2, 0.25) is 5.02 Å². The Morgan fingerprint density at radius 3 is 2.29 bits per heavy atom. The Labute approximate surface area is 130 Å². The van der Waals surface area contributed by atoms with E-state index < -0.39 is 31.0 Å². The molecule has 21 heavy (non-hydrogen) atoms. The zero-order valence-corrected chi connectivity index (χ0v) is 14.2. The normalized spacial score (nSPS) is 25.3. The molecule has 2 rings (SSSR count). The molecule has 2 unspecified atom stereocenters. The summed E-state index contributed by atoms with van der Waals surface area (Å²) in [4.78, 5) is 0.101. The average Bonchev–Trinajstić information content (AvgIpc) is 2.64. The van der Waals surface area contributed by atoms with Gasteiger partial charge in [-0.05, 0) is 24.3 Å². The summed E-state index contributed by atoms with van der Waals surface area (Å²) < 4.78 is 49.0. The van der Waals surface area contributed by atoms with Crippen LogP contribution >= 0.6 is 11.6 Å². The van der Waals surface area contributed by atoms with Crippen LogP contribution in [0.5, 0.6) is 0 Å². The van der Waals surface area contributed by atoms with E-state index in [0.717, 1.165) is 0 Å². The van der Waals surface area contributed by atoms with Crippen molar-refractivity contribution in [3.63, 3.8) is 0 Å². The third-order valence-corrected chi connectivity index (χ3v) is 7.81. The molecule has 1 heterocycles. The Balaban J connectivity index is 2.39. The molecule has 1 saturated heterocycles. The number of sulfone groups is 2. The smallest absolute Gasteiger partial charge is 0.183 e. The zero-order chi connectivity index (χ0) is 15.8. The highest BCUT2D eigenvalue weighted by molar-refractivity contribution is 7.96. The highest BCUT2D eigenvalue weighted by Gasteiger charge is 2.45. The topological polar surface area (TPSA) is 80.3 Å². The predicted molar refractivity (Wildman–Crippen MR) is 83.1 cm³/mol. The summed E-state index contributed by atoms with van der Waals surface area (Å²) >= 11 is 5.76. The first-order valence-corrected chi connectivity index (χ1v) is 10.3. The lowest BCUT2D eigenvalue weighted by Crippen LogP contribution is -2.46. The van der Waals surface area contributed by atoms with Crippen LogP contribution in [0, 0.1) is 0 Å². The lowest BCUT2D eigenvalue weighted by atomic mass is 10.2. The molecule has 0 spiro atoms. The van der Waals surface area contributed by atoms with E-state index in [1.807, 2.05) is 13.8 Å². The summed E-state index contributed by atoms with van der Waals surface area (Å²) in [5, 5.41) is 2.52. The van der Waals surface area contributed by atoms with Crippen molar-refractivity contribution in [2.75, 3.05) is 11.5 Å². The fraction of sp³-hybridized carbons (Fsp3) is 0.538. The fourth-order valence-electron chi connectivity index (χ4n) is 2.50. The molecular formula is C13H18ClNO4S2. The number of halogens is 1. The largest absolute Gasteiger partial charge is 0.309 e. The third kappa shape index (κ3) is 3.77. The third-order valence-electron chi connectivity index (χ3n) is 3.39. The second-order valence-electron chi connectivity index (χ2n) is 5.54. The van der Waals surface area contributed by atoms with Crippen LogP contribution in [0.15, 0.2) is 29.2 Å². The lowest BCUT2D eigenvalue weighted by molar-refractivity contribution is 0.484. The molecule has 0 saturated carbocycles. The van der Waals surface area contributed by atoms with Crippen LogP contribution < -0.4 is 5.32 Å². The number of hydrogen-bond acceptors (Lipinski definition) is 5. The van der Waals surface area contributed by atoms with Gasteiger partial charge in [0, 0.05) is 17.1 Å². The van der Waals surface area contributed by atoms with Gasteiger partial charge >= 0.3 is 0 Å². The molecule has 0 aliphatic carbocycles. The molecule has 0 amide bonds. The zero-order valence-electron chi connectivity index (χ0n) is 11.8. The van der Waals surface area contributed by atoms with E-state index in [0.29, 0.717) is 5.02 Å². The molecule has 1 fully saturated rings. The van der Waals surface area contributed by atoms with Crippen molar-refractivity contribution in [1.82, 2.24) is 5.32 Å². The monoisotopic (exact) mass is 351 g/mol. The molecule has 1 aromatic rings. The van der Waals surface area contributed by atoms with Crippen molar-refractivity contribution in [2.45, 2.75) is 36.1 Å². The maximum Gasteiger partial charge on any atom is 0.183 e. The quantitative estimate of drug-likeness (QED) is 0.883. The highest BCUT2D eigenvalue weighted by atomic mass is 35.5. The minimum Gasteiger partial charge on any atom is -0.309 e. The first-order valence-electron chi connectivity index (χ1n) is 6.58. The molecule has 8 heteroatoms. The van der Waals surface area contributed by atoms with Gasteiger partial charge in [0.1, 0.15) is 0 Å². The van der Waals surface area contributed by atoms with E-state index in [-0.39, 0.29) is 22.4 Å². The molecule has 0 bridgehead atoms. The Kier molecular flexibility index (Phi) is 4.68. The highest BCUT2D eigenvalue weighted by Crippen LogP contribution is 2.27. The predicted octanol–water partition coefficient (Wildman–Crippen LogP) is 1.28. The van der Waals surface area contributed by atoms with E-state index in [1.54, 1.807) is 0 Å². The fourth-order valence-corrected chi connectivity index (χ4v) is 7.31. The number of rotatable bonds is 4. The van der Waals surface area contributed by atoms with Gasteiger partial charge in [0.15, 0.2) is 19.7 Å². The molecule has 1 N–H and O–H groups in total. The van der Waals surface area contributed by atoms with Crippen molar-refractivity contribution in [1.29, 1.82) is 0 Å². The molecule has 1 aromatic carbocycles. The Bertz CT molecular complexity index is 711. The van der Waals surface area contributed by atoms with E-state index in [1.165, 1.54) is 24.3 Å². The first kappa shape index (κ1) is 16.7. The van der Waals surface area contributed by atoms with Crippen LogP contribution in [0.4, 0.5) is 0 Å². The van der Waals surface area contributed by atoms with Gasteiger partial charge in [0.05, 0.1) is 21.7 Å². The van der Waals surface area contributed by atoms with Crippen molar-refractivity contribution < 1.29 is 16.8 Å². The Morgan fingerprint density at radius 2 is 1.76 bits per heavy atom. The number of hydrogen-bond donors (Lipinski definition) is 1. The van der Waals surface area contributed by atoms with E-state index in [4.69, 9.17) is 11.6 Å². The molecular weight excluding hydrogens is 334 g/mol. The molecule has 5 nitrogen and oxygen atoms in total. The minimum absolute atomic E-state index is 0.00576. The summed E-state index contributed by atoms with van der Waals surface area (Å²) in [5.74, 6) is -0.495. The lowest BCUT2D eigenvalue weighted by Gasteiger charge is -2.22. The second-order valence-corrected chi connectivity index (χ2v) is 10.3. The van der Waals surface area contributed by atoms with Gasteiger partial charge in [-0.25, -0.2) is 16.8 Å². The van der Waals surface area contributed by atoms with Crippen molar-refractivity contribution in [3.8, 4) is 0 Å². The van der Waals surface area contributed by atoms with E-state index >= 15 is 0 Å². The molecule has 1 aliphatic heterocycles. The number of nitrogens with one attached hydrogen (secondary N) is 1. The van der Waals surface area contributed by atoms with Crippen molar-refractivity contribution in [2.24, 2.45) is 0 Å². The van der Waals surface area contributed by atoms with Crippen molar-refractivity contribution in [3.05, 3.63) is 29.3 Å². The van der Waals surface area contributed by atoms with Crippen LogP contribution in [-0.2, 0) is 19.7 Å². The Hall–Kier alpha value is -0.630. The SMILES string of the molecule is CC(C)NC1CS(=O)(=O)CC1S(=O)(=O)c1ccc(Cl)cc1. The van der Waals surface area contributed by atoms with E-state index in [9.17, 15) is 16.8 Å². The second kappa shape index (κ2) is 5.87. The minimum atomic E-state index is -3.72. The molecule has 2 atom stereocenters. The maximum atomic E-state index is 12.7. The summed E-state index contributed by atoms with van der Waals surface area (Å²) in [5.41, 5.74) is 0. The molecule has 0 radical (unpaired) electrons. The van der Waals surface area contributed by atoms with Gasteiger partial charge in [-0.15, -0.1) is 0 Å². The van der Waals surface area contributed by atoms with Gasteiger partial charge in [-0.3, -0.25) is 0 Å². The summed E-state index contributed by atoms with van der Waals surface area (Å²) in [6, 6.07) is 5.22. The summed E-state index contributed by atoms with van der Waals surface area (Å²) in [7, 11) is -7.08. The average molecular weight is 352 g/mol. The van der Waals surface area contributed by atoms with Crippen molar-refractivity contribution >= 4 is 31.3 Å². The van der Waals surface area contributed by atoms with Crippen LogP contribution in [0.3, 0.4) is 0 Å². The maximum absolute atomic E-state index is 12.7. The standard InChI is InChI=1S/C13H18ClNO4S2/c1-9(2)15-12-7-20(16,17)8-13(12)21(18,19)11-5-3-10(14)4-6-11/h3-6,9,12-13,15H,7-8H2,1-2H3.